The second-order valence-corrected chi connectivity index (χ2v) is 12.2. The number of anilines is 1. The predicted octanol–water partition coefficient (Wildman–Crippen LogP) is 4.10. The van der Waals surface area contributed by atoms with E-state index in [1.165, 1.54) is 4.90 Å². The molecule has 0 unspecified atom stereocenters. The van der Waals surface area contributed by atoms with E-state index in [1.54, 1.807) is 12.1 Å². The van der Waals surface area contributed by atoms with Crippen molar-refractivity contribution < 1.29 is 18.0 Å². The highest BCUT2D eigenvalue weighted by Gasteiger charge is 2.33. The molecule has 0 heterocycles. The van der Waals surface area contributed by atoms with Crippen molar-refractivity contribution in [3.05, 3.63) is 64.7 Å². The number of hydrogen-bond acceptors (Lipinski definition) is 4. The maximum atomic E-state index is 13.7. The molecule has 0 bridgehead atoms. The Labute approximate surface area is 210 Å². The molecule has 2 amide bonds. The smallest absolute Gasteiger partial charge is 0.244 e. The van der Waals surface area contributed by atoms with Crippen LogP contribution in [-0.4, -0.2) is 49.5 Å². The van der Waals surface area contributed by atoms with Crippen molar-refractivity contribution in [3.63, 3.8) is 0 Å². The molecule has 1 atom stereocenters. The number of benzene rings is 2. The molecule has 0 fully saturated rings. The van der Waals surface area contributed by atoms with Crippen molar-refractivity contribution in [2.75, 3.05) is 17.1 Å². The summed E-state index contributed by atoms with van der Waals surface area (Å²) in [7, 11) is -3.75. The first-order valence-electron chi connectivity index (χ1n) is 11.8. The first-order chi connectivity index (χ1) is 16.1. The Bertz CT molecular complexity index is 1130. The van der Waals surface area contributed by atoms with Gasteiger partial charge in [0.25, 0.3) is 0 Å². The molecule has 1 N–H and O–H groups in total. The van der Waals surface area contributed by atoms with Gasteiger partial charge in [-0.2, -0.15) is 0 Å². The maximum Gasteiger partial charge on any atom is 0.244 e. The van der Waals surface area contributed by atoms with Gasteiger partial charge >= 0.3 is 0 Å². The van der Waals surface area contributed by atoms with E-state index >= 15 is 0 Å². The van der Waals surface area contributed by atoms with Gasteiger partial charge in [0.15, 0.2) is 0 Å². The number of hydrogen-bond donors (Lipinski definition) is 1. The van der Waals surface area contributed by atoms with Gasteiger partial charge in [-0.1, -0.05) is 42.8 Å². The van der Waals surface area contributed by atoms with Gasteiger partial charge in [-0.3, -0.25) is 13.9 Å². The number of carbonyl (C=O) groups is 2. The lowest BCUT2D eigenvalue weighted by molar-refractivity contribution is -0.141. The Morgan fingerprint density at radius 1 is 0.943 bits per heavy atom. The van der Waals surface area contributed by atoms with Gasteiger partial charge in [0.05, 0.1) is 11.9 Å². The van der Waals surface area contributed by atoms with E-state index in [9.17, 15) is 18.0 Å². The summed E-state index contributed by atoms with van der Waals surface area (Å²) in [5.41, 5.74) is 3.70. The predicted molar refractivity (Wildman–Crippen MR) is 142 cm³/mol. The molecule has 2 aromatic rings. The quantitative estimate of drug-likeness (QED) is 0.560. The van der Waals surface area contributed by atoms with Crippen LogP contribution in [0.4, 0.5) is 5.69 Å². The minimum atomic E-state index is -3.75. The van der Waals surface area contributed by atoms with Crippen molar-refractivity contribution in [1.29, 1.82) is 0 Å². The lowest BCUT2D eigenvalue weighted by atomic mass is 10.1. The fourth-order valence-electron chi connectivity index (χ4n) is 3.97. The zero-order valence-electron chi connectivity index (χ0n) is 22.2. The molecule has 8 heteroatoms. The SMILES string of the molecule is CC[C@H](C(=O)NC(C)(C)C)N(Cc1ccc(C)cc1)C(=O)CN(c1cc(C)cc(C)c1)S(C)(=O)=O. The zero-order chi connectivity index (χ0) is 26.6. The summed E-state index contributed by atoms with van der Waals surface area (Å²) in [6.45, 7) is 13.0. The molecule has 0 saturated carbocycles. The summed E-state index contributed by atoms with van der Waals surface area (Å²) < 4.78 is 26.6. The number of nitrogens with zero attached hydrogens (tertiary/aromatic N) is 2. The average Bonchev–Trinajstić information content (AvgIpc) is 2.70. The lowest BCUT2D eigenvalue weighted by Gasteiger charge is -2.34. The molecule has 2 aromatic carbocycles. The van der Waals surface area contributed by atoms with Crippen LogP contribution in [0.2, 0.25) is 0 Å². The summed E-state index contributed by atoms with van der Waals surface area (Å²) >= 11 is 0. The molecule has 0 aromatic heterocycles. The van der Waals surface area contributed by atoms with Crippen LogP contribution in [0.5, 0.6) is 0 Å². The highest BCUT2D eigenvalue weighted by molar-refractivity contribution is 7.92. The number of sulfonamides is 1. The van der Waals surface area contributed by atoms with E-state index in [0.29, 0.717) is 12.1 Å². The van der Waals surface area contributed by atoms with Gasteiger partial charge in [-0.05, 0) is 76.8 Å². The average molecular weight is 502 g/mol. The van der Waals surface area contributed by atoms with E-state index in [0.717, 1.165) is 32.8 Å². The van der Waals surface area contributed by atoms with Crippen LogP contribution < -0.4 is 9.62 Å². The van der Waals surface area contributed by atoms with E-state index in [2.05, 4.69) is 5.32 Å². The van der Waals surface area contributed by atoms with Gasteiger partial charge in [-0.15, -0.1) is 0 Å². The van der Waals surface area contributed by atoms with Crippen LogP contribution in [-0.2, 0) is 26.2 Å². The van der Waals surface area contributed by atoms with Crippen LogP contribution in [0.3, 0.4) is 0 Å². The van der Waals surface area contributed by atoms with E-state index in [-0.39, 0.29) is 12.5 Å². The van der Waals surface area contributed by atoms with Crippen molar-refractivity contribution >= 4 is 27.5 Å². The number of amides is 2. The second-order valence-electron chi connectivity index (χ2n) is 10.3. The fraction of sp³-hybridized carbons (Fsp3) is 0.481. The molecule has 0 aliphatic rings. The van der Waals surface area contributed by atoms with Crippen LogP contribution in [0.1, 0.15) is 56.4 Å². The fourth-order valence-corrected chi connectivity index (χ4v) is 4.80. The first kappa shape index (κ1) is 28.4. The normalized spacial score (nSPS) is 12.7. The van der Waals surface area contributed by atoms with Crippen LogP contribution >= 0.6 is 0 Å². The van der Waals surface area contributed by atoms with Crippen molar-refractivity contribution in [1.82, 2.24) is 10.2 Å². The van der Waals surface area contributed by atoms with E-state index in [1.807, 2.05) is 78.8 Å². The molecular formula is C27H39N3O4S. The topological polar surface area (TPSA) is 86.8 Å². The number of nitrogens with one attached hydrogen (secondary N) is 1. The van der Waals surface area contributed by atoms with Crippen LogP contribution in [0, 0.1) is 20.8 Å². The third-order valence-corrected chi connectivity index (χ3v) is 6.67. The van der Waals surface area contributed by atoms with Gasteiger partial charge in [0.2, 0.25) is 21.8 Å². The highest BCUT2D eigenvalue weighted by atomic mass is 32.2. The molecule has 35 heavy (non-hydrogen) atoms. The molecule has 192 valence electrons. The molecule has 0 spiro atoms. The Morgan fingerprint density at radius 2 is 1.49 bits per heavy atom. The van der Waals surface area contributed by atoms with Crippen molar-refractivity contribution in [2.45, 2.75) is 73.0 Å². The molecular weight excluding hydrogens is 462 g/mol. The Kier molecular flexibility index (Phi) is 9.11. The third-order valence-electron chi connectivity index (χ3n) is 5.53. The van der Waals surface area contributed by atoms with Gasteiger partial charge < -0.3 is 10.2 Å². The Balaban J connectivity index is 2.48. The largest absolute Gasteiger partial charge is 0.350 e. The summed E-state index contributed by atoms with van der Waals surface area (Å²) in [5.74, 6) is -0.705. The molecule has 0 saturated heterocycles. The maximum absolute atomic E-state index is 13.7. The molecule has 7 nitrogen and oxygen atoms in total. The standard InChI is InChI=1S/C27H39N3O4S/c1-9-24(26(32)28-27(5,6)7)29(17-22-12-10-19(2)11-13-22)25(31)18-30(35(8,33)34)23-15-20(3)14-21(4)16-23/h10-16,24H,9,17-18H2,1-8H3,(H,28,32)/t24-/m1/s1. The Hall–Kier alpha value is -2.87. The van der Waals surface area contributed by atoms with Gasteiger partial charge in [0.1, 0.15) is 12.6 Å². The summed E-state index contributed by atoms with van der Waals surface area (Å²) in [5, 5.41) is 2.97. The van der Waals surface area contributed by atoms with Crippen LogP contribution in [0.15, 0.2) is 42.5 Å². The number of carbonyl (C=O) groups excluding carboxylic acids is 2. The van der Waals surface area contributed by atoms with E-state index < -0.39 is 34.1 Å². The van der Waals surface area contributed by atoms with E-state index in [4.69, 9.17) is 0 Å². The number of rotatable bonds is 9. The summed E-state index contributed by atoms with van der Waals surface area (Å²) in [6, 6.07) is 12.4. The van der Waals surface area contributed by atoms with Crippen molar-refractivity contribution in [2.24, 2.45) is 0 Å². The molecule has 0 aliphatic carbocycles. The van der Waals surface area contributed by atoms with Gasteiger partial charge in [-0.25, -0.2) is 8.42 Å². The summed E-state index contributed by atoms with van der Waals surface area (Å²) in [4.78, 5) is 28.4. The first-order valence-corrected chi connectivity index (χ1v) is 13.7. The van der Waals surface area contributed by atoms with Crippen LogP contribution in [0.25, 0.3) is 0 Å². The number of aryl methyl sites for hydroxylation is 3. The lowest BCUT2D eigenvalue weighted by Crippen LogP contribution is -2.55. The Morgan fingerprint density at radius 3 is 1.94 bits per heavy atom. The minimum absolute atomic E-state index is 0.194. The van der Waals surface area contributed by atoms with Crippen molar-refractivity contribution in [3.8, 4) is 0 Å². The highest BCUT2D eigenvalue weighted by Crippen LogP contribution is 2.23. The molecule has 2 rings (SSSR count). The summed E-state index contributed by atoms with van der Waals surface area (Å²) in [6.07, 6.45) is 1.48. The molecule has 0 radical (unpaired) electrons. The minimum Gasteiger partial charge on any atom is -0.350 e. The second kappa shape index (κ2) is 11.2. The molecule has 0 aliphatic heterocycles. The zero-order valence-corrected chi connectivity index (χ0v) is 23.0. The monoisotopic (exact) mass is 501 g/mol. The van der Waals surface area contributed by atoms with Gasteiger partial charge in [0, 0.05) is 12.1 Å². The third kappa shape index (κ3) is 8.38.